The van der Waals surface area contributed by atoms with Crippen LogP contribution >= 0.6 is 11.3 Å². The molecule has 0 aliphatic carbocycles. The molecule has 0 bridgehead atoms. The summed E-state index contributed by atoms with van der Waals surface area (Å²) in [5.74, 6) is 0.474. The van der Waals surface area contributed by atoms with Crippen molar-refractivity contribution in [2.24, 2.45) is 0 Å². The Bertz CT molecular complexity index is 565. The van der Waals surface area contributed by atoms with Crippen LogP contribution in [0.25, 0.3) is 0 Å². The van der Waals surface area contributed by atoms with E-state index in [0.29, 0.717) is 18.1 Å². The summed E-state index contributed by atoms with van der Waals surface area (Å²) in [6, 6.07) is 7.57. The number of nitrogens with one attached hydrogen (secondary N) is 2. The maximum absolute atomic E-state index is 11.9. The van der Waals surface area contributed by atoms with Gasteiger partial charge in [-0.1, -0.05) is 6.92 Å². The molecule has 0 fully saturated rings. The van der Waals surface area contributed by atoms with Crippen molar-refractivity contribution >= 4 is 23.1 Å². The zero-order chi connectivity index (χ0) is 14.4. The number of hydrogen-bond donors (Lipinski definition) is 2. The lowest BCUT2D eigenvalue weighted by atomic mass is 10.3. The molecule has 2 heterocycles. The number of anilines is 1. The van der Waals surface area contributed by atoms with Crippen LogP contribution < -0.4 is 10.6 Å². The molecule has 0 aliphatic heterocycles. The molecule has 0 spiro atoms. The van der Waals surface area contributed by atoms with Gasteiger partial charge in [-0.15, -0.1) is 21.5 Å². The summed E-state index contributed by atoms with van der Waals surface area (Å²) in [4.78, 5) is 14.4. The first-order valence-electron chi connectivity index (χ1n) is 6.66. The Hall–Kier alpha value is -1.95. The lowest BCUT2D eigenvalue weighted by Crippen LogP contribution is -2.23. The van der Waals surface area contributed by atoms with E-state index in [4.69, 9.17) is 0 Å². The number of aryl methyl sites for hydroxylation is 1. The van der Waals surface area contributed by atoms with Gasteiger partial charge in [-0.2, -0.15) is 0 Å². The van der Waals surface area contributed by atoms with E-state index >= 15 is 0 Å². The molecule has 2 aromatic heterocycles. The van der Waals surface area contributed by atoms with Gasteiger partial charge in [0.1, 0.15) is 5.82 Å². The third-order valence-corrected chi connectivity index (χ3v) is 3.97. The highest BCUT2D eigenvalue weighted by atomic mass is 32.1. The van der Waals surface area contributed by atoms with E-state index in [1.54, 1.807) is 23.5 Å². The number of aromatic nitrogens is 2. The molecule has 106 valence electrons. The summed E-state index contributed by atoms with van der Waals surface area (Å²) in [5, 5.41) is 13.7. The third kappa shape index (κ3) is 3.77. The molecule has 2 aromatic rings. The predicted molar refractivity (Wildman–Crippen MR) is 81.1 cm³/mol. The number of carbonyl (C=O) groups excluding carboxylic acids is 1. The summed E-state index contributed by atoms with van der Waals surface area (Å²) in [7, 11) is 0. The summed E-state index contributed by atoms with van der Waals surface area (Å²) in [5.41, 5.74) is 0.332. The highest BCUT2D eigenvalue weighted by Crippen LogP contribution is 2.16. The molecule has 20 heavy (non-hydrogen) atoms. The minimum Gasteiger partial charge on any atom is -0.369 e. The Kier molecular flexibility index (Phi) is 5.06. The molecule has 2 N–H and O–H groups in total. The van der Waals surface area contributed by atoms with E-state index in [9.17, 15) is 4.79 Å². The lowest BCUT2D eigenvalue weighted by molar-refractivity contribution is 0.0945. The second-order valence-electron chi connectivity index (χ2n) is 4.24. The van der Waals surface area contributed by atoms with Gasteiger partial charge in [0, 0.05) is 16.3 Å². The molecule has 1 amide bonds. The van der Waals surface area contributed by atoms with Gasteiger partial charge in [0.15, 0.2) is 5.69 Å². The molecular formula is C14H18N4OS. The van der Waals surface area contributed by atoms with Crippen molar-refractivity contribution in [2.45, 2.75) is 26.8 Å². The number of rotatable bonds is 6. The Labute approximate surface area is 122 Å². The van der Waals surface area contributed by atoms with Gasteiger partial charge >= 0.3 is 0 Å². The smallest absolute Gasteiger partial charge is 0.272 e. The number of hydrogen-bond acceptors (Lipinski definition) is 5. The monoisotopic (exact) mass is 290 g/mol. The summed E-state index contributed by atoms with van der Waals surface area (Å²) in [6.45, 7) is 5.40. The second-order valence-corrected chi connectivity index (χ2v) is 5.49. The minimum absolute atomic E-state index is 0.202. The van der Waals surface area contributed by atoms with Crippen molar-refractivity contribution in [3.63, 3.8) is 0 Å². The van der Waals surface area contributed by atoms with Crippen LogP contribution in [0.1, 0.15) is 34.1 Å². The molecule has 0 radical (unpaired) electrons. The van der Waals surface area contributed by atoms with E-state index in [1.165, 1.54) is 4.88 Å². The fraction of sp³-hybridized carbons (Fsp3) is 0.357. The van der Waals surface area contributed by atoms with Crippen LogP contribution in [0, 0.1) is 0 Å². The maximum Gasteiger partial charge on any atom is 0.272 e. The normalized spacial score (nSPS) is 10.3. The zero-order valence-corrected chi connectivity index (χ0v) is 12.5. The molecule has 5 nitrogen and oxygen atoms in total. The fourth-order valence-corrected chi connectivity index (χ4v) is 2.59. The zero-order valence-electron chi connectivity index (χ0n) is 11.6. The molecule has 0 saturated heterocycles. The standard InChI is InChI=1S/C14H18N4OS/c1-3-10-5-6-11(20-10)9-16-14(19)12-7-8-13(15-4-2)18-17-12/h5-8H,3-4,9H2,1-2H3,(H,15,18)(H,16,19). The van der Waals surface area contributed by atoms with Crippen molar-refractivity contribution in [1.29, 1.82) is 0 Å². The van der Waals surface area contributed by atoms with Crippen molar-refractivity contribution in [2.75, 3.05) is 11.9 Å². The fourth-order valence-electron chi connectivity index (χ4n) is 1.69. The van der Waals surface area contributed by atoms with E-state index in [0.717, 1.165) is 17.8 Å². The lowest BCUT2D eigenvalue weighted by Gasteiger charge is -2.04. The number of amides is 1. The largest absolute Gasteiger partial charge is 0.369 e. The van der Waals surface area contributed by atoms with Crippen LogP contribution in [0.15, 0.2) is 24.3 Å². The van der Waals surface area contributed by atoms with Gasteiger partial charge < -0.3 is 10.6 Å². The van der Waals surface area contributed by atoms with E-state index in [-0.39, 0.29) is 5.91 Å². The van der Waals surface area contributed by atoms with Crippen LogP contribution in [-0.4, -0.2) is 22.6 Å². The molecule has 0 aromatic carbocycles. The van der Waals surface area contributed by atoms with Gasteiger partial charge in [0.05, 0.1) is 6.54 Å². The van der Waals surface area contributed by atoms with Gasteiger partial charge in [0.2, 0.25) is 0 Å². The first kappa shape index (κ1) is 14.5. The van der Waals surface area contributed by atoms with E-state index < -0.39 is 0 Å². The summed E-state index contributed by atoms with van der Waals surface area (Å²) in [6.07, 6.45) is 1.02. The Morgan fingerprint density at radius 1 is 1.15 bits per heavy atom. The third-order valence-electron chi connectivity index (χ3n) is 2.74. The molecule has 6 heteroatoms. The van der Waals surface area contributed by atoms with Crippen molar-refractivity contribution in [3.8, 4) is 0 Å². The van der Waals surface area contributed by atoms with Gasteiger partial charge in [0.25, 0.3) is 5.91 Å². The predicted octanol–water partition coefficient (Wildman–Crippen LogP) is 2.46. The molecule has 2 rings (SSSR count). The van der Waals surface area contributed by atoms with Crippen LogP contribution in [0.3, 0.4) is 0 Å². The molecule has 0 aliphatic rings. The topological polar surface area (TPSA) is 66.9 Å². The SMILES string of the molecule is CCNc1ccc(C(=O)NCc2ccc(CC)s2)nn1. The van der Waals surface area contributed by atoms with E-state index in [1.807, 2.05) is 13.0 Å². The van der Waals surface area contributed by atoms with E-state index in [2.05, 4.69) is 33.8 Å². The number of nitrogens with zero attached hydrogens (tertiary/aromatic N) is 2. The van der Waals surface area contributed by atoms with Crippen LogP contribution in [0.4, 0.5) is 5.82 Å². The van der Waals surface area contributed by atoms with Gasteiger partial charge in [-0.25, -0.2) is 0 Å². The molecular weight excluding hydrogens is 272 g/mol. The quantitative estimate of drug-likeness (QED) is 0.857. The van der Waals surface area contributed by atoms with Gasteiger partial charge in [-0.3, -0.25) is 4.79 Å². The summed E-state index contributed by atoms with van der Waals surface area (Å²) < 4.78 is 0. The Morgan fingerprint density at radius 3 is 2.55 bits per heavy atom. The summed E-state index contributed by atoms with van der Waals surface area (Å²) >= 11 is 1.72. The average molecular weight is 290 g/mol. The average Bonchev–Trinajstić information content (AvgIpc) is 2.94. The van der Waals surface area contributed by atoms with Crippen LogP contribution in [0.2, 0.25) is 0 Å². The number of carbonyl (C=O) groups is 1. The van der Waals surface area contributed by atoms with Crippen LogP contribution in [-0.2, 0) is 13.0 Å². The maximum atomic E-state index is 11.9. The van der Waals surface area contributed by atoms with Gasteiger partial charge in [-0.05, 0) is 37.6 Å². The first-order valence-corrected chi connectivity index (χ1v) is 7.48. The Balaban J connectivity index is 1.90. The molecule has 0 atom stereocenters. The minimum atomic E-state index is -0.202. The van der Waals surface area contributed by atoms with Crippen molar-refractivity contribution in [1.82, 2.24) is 15.5 Å². The van der Waals surface area contributed by atoms with Crippen molar-refractivity contribution in [3.05, 3.63) is 39.7 Å². The molecule has 0 unspecified atom stereocenters. The Morgan fingerprint density at radius 2 is 1.95 bits per heavy atom. The second kappa shape index (κ2) is 7.00. The number of thiophene rings is 1. The van der Waals surface area contributed by atoms with Crippen LogP contribution in [0.5, 0.6) is 0 Å². The molecule has 0 saturated carbocycles. The first-order chi connectivity index (χ1) is 9.72. The highest BCUT2D eigenvalue weighted by Gasteiger charge is 2.08. The van der Waals surface area contributed by atoms with Crippen molar-refractivity contribution < 1.29 is 4.79 Å². The highest BCUT2D eigenvalue weighted by molar-refractivity contribution is 7.11.